The Bertz CT molecular complexity index is 922. The topological polar surface area (TPSA) is 64.1 Å². The van der Waals surface area contributed by atoms with Crippen molar-refractivity contribution in [1.29, 1.82) is 0 Å². The Hall–Kier alpha value is -2.73. The molecule has 138 valence electrons. The van der Waals surface area contributed by atoms with E-state index in [1.54, 1.807) is 17.5 Å². The van der Waals surface area contributed by atoms with E-state index in [4.69, 9.17) is 9.72 Å². The van der Waals surface area contributed by atoms with Crippen molar-refractivity contribution >= 4 is 22.9 Å². The lowest BCUT2D eigenvalue weighted by molar-refractivity contribution is -0.120. The molecule has 1 unspecified atom stereocenters. The highest BCUT2D eigenvalue weighted by molar-refractivity contribution is 7.15. The summed E-state index contributed by atoms with van der Waals surface area (Å²) >= 11 is 1.68. The van der Waals surface area contributed by atoms with Crippen LogP contribution in [-0.4, -0.2) is 22.5 Å². The number of benzene rings is 1. The molecular formula is C21H21N3O2S. The Morgan fingerprint density at radius 1 is 1.30 bits per heavy atom. The molecule has 1 atom stereocenters. The number of anilines is 1. The van der Waals surface area contributed by atoms with E-state index in [0.717, 1.165) is 47.0 Å². The first-order chi connectivity index (χ1) is 13.2. The van der Waals surface area contributed by atoms with Gasteiger partial charge in [0, 0.05) is 34.4 Å². The Balaban J connectivity index is 1.43. The lowest BCUT2D eigenvalue weighted by Gasteiger charge is -2.20. The zero-order valence-electron chi connectivity index (χ0n) is 15.1. The molecule has 1 aliphatic carbocycles. The van der Waals surface area contributed by atoms with Crippen molar-refractivity contribution in [1.82, 2.24) is 9.97 Å². The molecule has 2 heterocycles. The second kappa shape index (κ2) is 7.88. The van der Waals surface area contributed by atoms with Crippen LogP contribution in [0.15, 0.2) is 48.8 Å². The summed E-state index contributed by atoms with van der Waals surface area (Å²) in [5, 5.41) is 4.02. The number of aromatic nitrogens is 2. The number of carbonyl (C=O) groups excluding carboxylic acids is 1. The second-order valence-electron chi connectivity index (χ2n) is 6.52. The van der Waals surface area contributed by atoms with Gasteiger partial charge >= 0.3 is 0 Å². The first-order valence-corrected chi connectivity index (χ1v) is 9.97. The van der Waals surface area contributed by atoms with Gasteiger partial charge in [-0.3, -0.25) is 9.78 Å². The molecule has 0 saturated carbocycles. The largest absolute Gasteiger partial charge is 0.494 e. The Kier molecular flexibility index (Phi) is 5.16. The molecule has 1 N–H and O–H groups in total. The number of pyridine rings is 1. The van der Waals surface area contributed by atoms with Crippen LogP contribution in [0, 0.1) is 5.92 Å². The molecule has 1 amide bonds. The molecule has 5 nitrogen and oxygen atoms in total. The van der Waals surface area contributed by atoms with Gasteiger partial charge in [-0.05, 0) is 62.6 Å². The molecule has 4 rings (SSSR count). The summed E-state index contributed by atoms with van der Waals surface area (Å²) in [6, 6.07) is 11.5. The molecule has 0 fully saturated rings. The van der Waals surface area contributed by atoms with Crippen LogP contribution >= 0.6 is 11.3 Å². The number of amides is 1. The summed E-state index contributed by atoms with van der Waals surface area (Å²) in [5.41, 5.74) is 2.96. The number of aryl methyl sites for hydroxylation is 1. The lowest BCUT2D eigenvalue weighted by atomic mass is 9.90. The van der Waals surface area contributed by atoms with E-state index in [0.29, 0.717) is 6.61 Å². The number of hydrogen-bond acceptors (Lipinski definition) is 5. The van der Waals surface area contributed by atoms with Crippen molar-refractivity contribution < 1.29 is 9.53 Å². The number of rotatable bonds is 5. The minimum atomic E-state index is -0.0220. The highest BCUT2D eigenvalue weighted by Crippen LogP contribution is 2.34. The highest BCUT2D eigenvalue weighted by Gasteiger charge is 2.27. The number of thiazole rings is 1. The van der Waals surface area contributed by atoms with E-state index in [-0.39, 0.29) is 11.8 Å². The monoisotopic (exact) mass is 379 g/mol. The first kappa shape index (κ1) is 17.7. The van der Waals surface area contributed by atoms with Gasteiger partial charge in [-0.25, -0.2) is 4.98 Å². The molecule has 0 aliphatic heterocycles. The summed E-state index contributed by atoms with van der Waals surface area (Å²) in [6.45, 7) is 2.58. The molecule has 0 bridgehead atoms. The molecule has 1 aliphatic rings. The van der Waals surface area contributed by atoms with Crippen molar-refractivity contribution in [3.63, 3.8) is 0 Å². The van der Waals surface area contributed by atoms with Gasteiger partial charge < -0.3 is 10.1 Å². The number of hydrogen-bond donors (Lipinski definition) is 1. The average molecular weight is 379 g/mol. The minimum absolute atomic E-state index is 0.0220. The summed E-state index contributed by atoms with van der Waals surface area (Å²) in [7, 11) is 0. The minimum Gasteiger partial charge on any atom is -0.494 e. The fourth-order valence-corrected chi connectivity index (χ4v) is 4.43. The zero-order valence-corrected chi connectivity index (χ0v) is 16.0. The molecule has 0 radical (unpaired) electrons. The standard InChI is InChI=1S/C21H21N3O2S/c1-2-26-17-8-6-16(7-9-17)23-20(25)14-5-10-18-19(12-14)27-21(24-18)15-4-3-11-22-13-15/h3-4,6-9,11,13-14H,2,5,10,12H2,1H3,(H,23,25). The van der Waals surface area contributed by atoms with E-state index < -0.39 is 0 Å². The smallest absolute Gasteiger partial charge is 0.227 e. The molecule has 1 aromatic carbocycles. The molecule has 2 aromatic heterocycles. The molecule has 3 aromatic rings. The van der Waals surface area contributed by atoms with Crippen LogP contribution in [0.5, 0.6) is 5.75 Å². The fourth-order valence-electron chi connectivity index (χ4n) is 3.26. The van der Waals surface area contributed by atoms with E-state index in [2.05, 4.69) is 10.3 Å². The van der Waals surface area contributed by atoms with E-state index in [1.807, 2.05) is 49.5 Å². The third-order valence-corrected chi connectivity index (χ3v) is 5.82. The van der Waals surface area contributed by atoms with Gasteiger partial charge in [0.1, 0.15) is 10.8 Å². The summed E-state index contributed by atoms with van der Waals surface area (Å²) < 4.78 is 5.44. The second-order valence-corrected chi connectivity index (χ2v) is 7.60. The van der Waals surface area contributed by atoms with E-state index in [9.17, 15) is 4.79 Å². The van der Waals surface area contributed by atoms with Crippen LogP contribution in [0.4, 0.5) is 5.69 Å². The van der Waals surface area contributed by atoms with Crippen molar-refractivity contribution in [2.24, 2.45) is 5.92 Å². The molecule has 0 saturated heterocycles. The number of ether oxygens (including phenoxy) is 1. The van der Waals surface area contributed by atoms with Gasteiger partial charge in [-0.1, -0.05) is 0 Å². The maximum atomic E-state index is 12.7. The highest BCUT2D eigenvalue weighted by atomic mass is 32.1. The van der Waals surface area contributed by atoms with Crippen molar-refractivity contribution in [2.75, 3.05) is 11.9 Å². The molecule has 6 heteroatoms. The predicted octanol–water partition coefficient (Wildman–Crippen LogP) is 4.35. The average Bonchev–Trinajstić information content (AvgIpc) is 3.14. The third-order valence-electron chi connectivity index (χ3n) is 4.65. The molecule has 27 heavy (non-hydrogen) atoms. The van der Waals surface area contributed by atoms with Crippen molar-refractivity contribution in [3.8, 4) is 16.3 Å². The van der Waals surface area contributed by atoms with Crippen LogP contribution < -0.4 is 10.1 Å². The summed E-state index contributed by atoms with van der Waals surface area (Å²) in [4.78, 5) is 22.8. The first-order valence-electron chi connectivity index (χ1n) is 9.15. The van der Waals surface area contributed by atoms with Crippen LogP contribution in [0.25, 0.3) is 10.6 Å². The van der Waals surface area contributed by atoms with Crippen molar-refractivity contribution in [3.05, 3.63) is 59.4 Å². The van der Waals surface area contributed by atoms with Gasteiger partial charge in [0.15, 0.2) is 0 Å². The van der Waals surface area contributed by atoms with Gasteiger partial charge in [-0.15, -0.1) is 11.3 Å². The Labute approximate surface area is 162 Å². The number of fused-ring (bicyclic) bond motifs is 1. The van der Waals surface area contributed by atoms with Gasteiger partial charge in [0.25, 0.3) is 0 Å². The Morgan fingerprint density at radius 2 is 2.15 bits per heavy atom. The maximum Gasteiger partial charge on any atom is 0.227 e. The number of nitrogens with one attached hydrogen (secondary N) is 1. The van der Waals surface area contributed by atoms with Crippen LogP contribution in [0.3, 0.4) is 0 Å². The van der Waals surface area contributed by atoms with Crippen molar-refractivity contribution in [2.45, 2.75) is 26.2 Å². The quantitative estimate of drug-likeness (QED) is 0.716. The normalized spacial score (nSPS) is 15.8. The SMILES string of the molecule is CCOc1ccc(NC(=O)C2CCc3nc(-c4cccnc4)sc3C2)cc1. The zero-order chi connectivity index (χ0) is 18.6. The van der Waals surface area contributed by atoms with Gasteiger partial charge in [0.05, 0.1) is 12.3 Å². The van der Waals surface area contributed by atoms with Crippen LogP contribution in [0.1, 0.15) is 23.9 Å². The summed E-state index contributed by atoms with van der Waals surface area (Å²) in [6.07, 6.45) is 6.01. The maximum absolute atomic E-state index is 12.7. The molecular weight excluding hydrogens is 358 g/mol. The van der Waals surface area contributed by atoms with Gasteiger partial charge in [-0.2, -0.15) is 0 Å². The van der Waals surface area contributed by atoms with Crippen LogP contribution in [-0.2, 0) is 17.6 Å². The number of carbonyl (C=O) groups is 1. The Morgan fingerprint density at radius 3 is 2.89 bits per heavy atom. The fraction of sp³-hybridized carbons (Fsp3) is 0.286. The van der Waals surface area contributed by atoms with E-state index in [1.165, 1.54) is 4.88 Å². The van der Waals surface area contributed by atoms with E-state index >= 15 is 0 Å². The predicted molar refractivity (Wildman–Crippen MR) is 107 cm³/mol. The third kappa shape index (κ3) is 4.01. The van der Waals surface area contributed by atoms with Crippen LogP contribution in [0.2, 0.25) is 0 Å². The summed E-state index contributed by atoms with van der Waals surface area (Å²) in [5.74, 6) is 0.859. The molecule has 0 spiro atoms. The number of nitrogens with zero attached hydrogens (tertiary/aromatic N) is 2. The lowest BCUT2D eigenvalue weighted by Crippen LogP contribution is -2.27. The van der Waals surface area contributed by atoms with Gasteiger partial charge in [0.2, 0.25) is 5.91 Å².